The normalized spacial score (nSPS) is 37.5. The Morgan fingerprint density at radius 3 is 2.41 bits per heavy atom. The highest BCUT2D eigenvalue weighted by Crippen LogP contribution is 2.48. The first-order valence-corrected chi connectivity index (χ1v) is 7.06. The summed E-state index contributed by atoms with van der Waals surface area (Å²) < 4.78 is 0. The van der Waals surface area contributed by atoms with Gasteiger partial charge in [0.2, 0.25) is 0 Å². The molecule has 0 heterocycles. The monoisotopic (exact) mass is 230 g/mol. The van der Waals surface area contributed by atoms with E-state index >= 15 is 0 Å². The zero-order valence-corrected chi connectivity index (χ0v) is 10.4. The summed E-state index contributed by atoms with van der Waals surface area (Å²) in [7, 11) is 0. The SMILES string of the molecule is O[C@@]1(c2ccccc2)CC[C@H]2CCCC[C@@H]2C1. The van der Waals surface area contributed by atoms with Crippen LogP contribution in [-0.4, -0.2) is 5.11 Å². The van der Waals surface area contributed by atoms with Gasteiger partial charge < -0.3 is 5.11 Å². The molecule has 0 unspecified atom stereocenters. The third-order valence-corrected chi connectivity index (χ3v) is 4.91. The number of hydrogen-bond acceptors (Lipinski definition) is 1. The van der Waals surface area contributed by atoms with Gasteiger partial charge in [0.1, 0.15) is 0 Å². The summed E-state index contributed by atoms with van der Waals surface area (Å²) in [6.45, 7) is 0. The molecule has 1 aromatic rings. The summed E-state index contributed by atoms with van der Waals surface area (Å²) in [5.74, 6) is 1.66. The van der Waals surface area contributed by atoms with Crippen molar-refractivity contribution in [3.8, 4) is 0 Å². The van der Waals surface area contributed by atoms with Gasteiger partial charge in [0.25, 0.3) is 0 Å². The van der Waals surface area contributed by atoms with Crippen molar-refractivity contribution in [2.75, 3.05) is 0 Å². The molecule has 2 fully saturated rings. The zero-order chi connectivity index (χ0) is 11.7. The van der Waals surface area contributed by atoms with Crippen molar-refractivity contribution in [2.24, 2.45) is 11.8 Å². The minimum absolute atomic E-state index is 0.542. The fourth-order valence-corrected chi connectivity index (χ4v) is 3.90. The summed E-state index contributed by atoms with van der Waals surface area (Å²) in [4.78, 5) is 0. The minimum atomic E-state index is -0.542. The average molecular weight is 230 g/mol. The first kappa shape index (κ1) is 11.3. The molecule has 3 rings (SSSR count). The van der Waals surface area contributed by atoms with Crippen molar-refractivity contribution >= 4 is 0 Å². The fraction of sp³-hybridized carbons (Fsp3) is 0.625. The molecule has 1 nitrogen and oxygen atoms in total. The van der Waals surface area contributed by atoms with E-state index in [2.05, 4.69) is 12.1 Å². The van der Waals surface area contributed by atoms with Crippen molar-refractivity contribution in [2.45, 2.75) is 50.5 Å². The molecule has 2 aliphatic carbocycles. The summed E-state index contributed by atoms with van der Waals surface area (Å²) >= 11 is 0. The standard InChI is InChI=1S/C16H22O/c17-16(15-8-2-1-3-9-15)11-10-13-6-4-5-7-14(13)12-16/h1-3,8-9,13-14,17H,4-7,10-12H2/t13-,14-,16+/m1/s1. The van der Waals surface area contributed by atoms with E-state index < -0.39 is 5.60 Å². The molecule has 2 aliphatic rings. The van der Waals surface area contributed by atoms with Crippen LogP contribution in [0.3, 0.4) is 0 Å². The maximum Gasteiger partial charge on any atom is 0.0899 e. The highest BCUT2D eigenvalue weighted by atomic mass is 16.3. The first-order chi connectivity index (χ1) is 8.28. The maximum absolute atomic E-state index is 10.9. The third kappa shape index (κ3) is 2.13. The van der Waals surface area contributed by atoms with Crippen LogP contribution in [0.1, 0.15) is 50.5 Å². The minimum Gasteiger partial charge on any atom is -0.385 e. The van der Waals surface area contributed by atoms with E-state index in [9.17, 15) is 5.11 Å². The maximum atomic E-state index is 10.9. The largest absolute Gasteiger partial charge is 0.385 e. The molecule has 1 heteroatoms. The summed E-state index contributed by atoms with van der Waals surface area (Å²) in [6.07, 6.45) is 8.67. The molecular weight excluding hydrogens is 208 g/mol. The van der Waals surface area contributed by atoms with Gasteiger partial charge in [-0.1, -0.05) is 56.0 Å². The predicted octanol–water partition coefficient (Wildman–Crippen LogP) is 3.86. The molecule has 0 amide bonds. The second kappa shape index (κ2) is 4.45. The van der Waals surface area contributed by atoms with Gasteiger partial charge >= 0.3 is 0 Å². The Morgan fingerprint density at radius 2 is 1.65 bits per heavy atom. The Balaban J connectivity index is 1.80. The Kier molecular flexibility index (Phi) is 2.96. The van der Waals surface area contributed by atoms with Crippen molar-refractivity contribution in [3.63, 3.8) is 0 Å². The second-order valence-corrected chi connectivity index (χ2v) is 5.95. The molecule has 1 aromatic carbocycles. The number of aliphatic hydroxyl groups is 1. The number of fused-ring (bicyclic) bond motifs is 1. The predicted molar refractivity (Wildman–Crippen MR) is 69.6 cm³/mol. The number of rotatable bonds is 1. The van der Waals surface area contributed by atoms with Gasteiger partial charge in [-0.3, -0.25) is 0 Å². The van der Waals surface area contributed by atoms with Crippen molar-refractivity contribution in [1.82, 2.24) is 0 Å². The van der Waals surface area contributed by atoms with Crippen molar-refractivity contribution < 1.29 is 5.11 Å². The molecule has 0 radical (unpaired) electrons. The van der Waals surface area contributed by atoms with E-state index in [-0.39, 0.29) is 0 Å². The number of hydrogen-bond donors (Lipinski definition) is 1. The van der Waals surface area contributed by atoms with E-state index in [1.165, 1.54) is 32.1 Å². The molecule has 0 aromatic heterocycles. The van der Waals surface area contributed by atoms with Crippen molar-refractivity contribution in [3.05, 3.63) is 35.9 Å². The summed E-state index contributed by atoms with van der Waals surface area (Å²) in [5.41, 5.74) is 0.587. The lowest BCUT2D eigenvalue weighted by atomic mass is 9.64. The van der Waals surface area contributed by atoms with Gasteiger partial charge in [0, 0.05) is 0 Å². The van der Waals surface area contributed by atoms with Crippen LogP contribution in [0.25, 0.3) is 0 Å². The smallest absolute Gasteiger partial charge is 0.0899 e. The van der Waals surface area contributed by atoms with Crippen LogP contribution in [0.5, 0.6) is 0 Å². The van der Waals surface area contributed by atoms with Gasteiger partial charge in [-0.15, -0.1) is 0 Å². The number of benzene rings is 1. The molecule has 1 N–H and O–H groups in total. The van der Waals surface area contributed by atoms with Gasteiger partial charge in [-0.05, 0) is 36.7 Å². The molecule has 0 bridgehead atoms. The molecule has 0 spiro atoms. The van der Waals surface area contributed by atoms with Gasteiger partial charge in [0.05, 0.1) is 5.60 Å². The van der Waals surface area contributed by atoms with E-state index in [4.69, 9.17) is 0 Å². The lowest BCUT2D eigenvalue weighted by Crippen LogP contribution is -2.38. The Labute approximate surface area is 104 Å². The van der Waals surface area contributed by atoms with E-state index in [0.29, 0.717) is 0 Å². The van der Waals surface area contributed by atoms with Crippen LogP contribution in [0, 0.1) is 11.8 Å². The molecule has 3 atom stereocenters. The molecular formula is C16H22O. The van der Waals surface area contributed by atoms with E-state index in [0.717, 1.165) is 30.2 Å². The van der Waals surface area contributed by atoms with Crippen LogP contribution >= 0.6 is 0 Å². The first-order valence-electron chi connectivity index (χ1n) is 7.06. The van der Waals surface area contributed by atoms with Crippen LogP contribution in [-0.2, 0) is 5.60 Å². The zero-order valence-electron chi connectivity index (χ0n) is 10.4. The lowest BCUT2D eigenvalue weighted by Gasteiger charge is -2.44. The molecule has 0 saturated heterocycles. The Hall–Kier alpha value is -0.820. The van der Waals surface area contributed by atoms with Crippen LogP contribution in [0.15, 0.2) is 30.3 Å². The molecule has 92 valence electrons. The highest BCUT2D eigenvalue weighted by Gasteiger charge is 2.41. The second-order valence-electron chi connectivity index (χ2n) is 5.95. The van der Waals surface area contributed by atoms with E-state index in [1.54, 1.807) is 0 Å². The third-order valence-electron chi connectivity index (χ3n) is 4.91. The molecule has 2 saturated carbocycles. The quantitative estimate of drug-likeness (QED) is 0.776. The molecule has 0 aliphatic heterocycles. The van der Waals surface area contributed by atoms with Crippen LogP contribution in [0.4, 0.5) is 0 Å². The van der Waals surface area contributed by atoms with Crippen LogP contribution in [0.2, 0.25) is 0 Å². The average Bonchev–Trinajstić information content (AvgIpc) is 2.40. The van der Waals surface area contributed by atoms with Gasteiger partial charge in [0.15, 0.2) is 0 Å². The lowest BCUT2D eigenvalue weighted by molar-refractivity contribution is -0.0500. The molecule has 17 heavy (non-hydrogen) atoms. The van der Waals surface area contributed by atoms with Gasteiger partial charge in [-0.2, -0.15) is 0 Å². The Bertz CT molecular complexity index is 372. The summed E-state index contributed by atoms with van der Waals surface area (Å²) in [5, 5.41) is 10.9. The fourth-order valence-electron chi connectivity index (χ4n) is 3.90. The van der Waals surface area contributed by atoms with E-state index in [1.807, 2.05) is 18.2 Å². The summed E-state index contributed by atoms with van der Waals surface area (Å²) in [6, 6.07) is 10.3. The van der Waals surface area contributed by atoms with Crippen LogP contribution < -0.4 is 0 Å². The Morgan fingerprint density at radius 1 is 0.941 bits per heavy atom. The highest BCUT2D eigenvalue weighted by molar-refractivity contribution is 5.23. The van der Waals surface area contributed by atoms with Gasteiger partial charge in [-0.25, -0.2) is 0 Å². The van der Waals surface area contributed by atoms with Crippen molar-refractivity contribution in [1.29, 1.82) is 0 Å². The topological polar surface area (TPSA) is 20.2 Å².